The number of sulfonamides is 1. The molecule has 126 valence electrons. The SMILES string of the molecule is NS(=O)(=O)c1ccc(NC(=S)Nc2ccc(CC(=O)O)cc2)cc1. The second kappa shape index (κ2) is 7.39. The van der Waals surface area contributed by atoms with Crippen LogP contribution in [0.2, 0.25) is 0 Å². The summed E-state index contributed by atoms with van der Waals surface area (Å²) in [6.45, 7) is 0. The van der Waals surface area contributed by atoms with Crippen molar-refractivity contribution in [1.82, 2.24) is 0 Å². The number of nitrogens with one attached hydrogen (secondary N) is 2. The number of anilines is 2. The molecule has 7 nitrogen and oxygen atoms in total. The van der Waals surface area contributed by atoms with E-state index in [1.807, 2.05) is 0 Å². The van der Waals surface area contributed by atoms with Crippen LogP contribution in [0.1, 0.15) is 5.56 Å². The predicted molar refractivity (Wildman–Crippen MR) is 95.4 cm³/mol. The fourth-order valence-corrected chi connectivity index (χ4v) is 2.65. The van der Waals surface area contributed by atoms with Crippen molar-refractivity contribution in [3.8, 4) is 0 Å². The molecule has 2 aromatic rings. The lowest BCUT2D eigenvalue weighted by Crippen LogP contribution is -2.19. The summed E-state index contributed by atoms with van der Waals surface area (Å²) in [4.78, 5) is 10.6. The van der Waals surface area contributed by atoms with Crippen molar-refractivity contribution in [2.24, 2.45) is 5.14 Å². The molecule has 24 heavy (non-hydrogen) atoms. The Labute approximate surface area is 144 Å². The quantitative estimate of drug-likeness (QED) is 0.596. The van der Waals surface area contributed by atoms with Crippen molar-refractivity contribution in [2.75, 3.05) is 10.6 Å². The highest BCUT2D eigenvalue weighted by atomic mass is 32.2. The molecule has 9 heteroatoms. The maximum Gasteiger partial charge on any atom is 0.307 e. The van der Waals surface area contributed by atoms with Gasteiger partial charge in [0.05, 0.1) is 11.3 Å². The molecule has 0 spiro atoms. The summed E-state index contributed by atoms with van der Waals surface area (Å²) < 4.78 is 22.4. The van der Waals surface area contributed by atoms with Crippen LogP contribution in [0.15, 0.2) is 53.4 Å². The molecule has 0 aliphatic rings. The van der Waals surface area contributed by atoms with Gasteiger partial charge in [0.2, 0.25) is 10.0 Å². The minimum Gasteiger partial charge on any atom is -0.481 e. The molecule has 5 N–H and O–H groups in total. The van der Waals surface area contributed by atoms with E-state index in [-0.39, 0.29) is 11.3 Å². The summed E-state index contributed by atoms with van der Waals surface area (Å²) in [7, 11) is -3.73. The van der Waals surface area contributed by atoms with Crippen LogP contribution < -0.4 is 15.8 Å². The van der Waals surface area contributed by atoms with E-state index in [0.29, 0.717) is 22.1 Å². The number of benzene rings is 2. The predicted octanol–water partition coefficient (Wildman–Crippen LogP) is 1.77. The van der Waals surface area contributed by atoms with Crippen LogP contribution >= 0.6 is 12.2 Å². The van der Waals surface area contributed by atoms with Gasteiger partial charge in [-0.1, -0.05) is 12.1 Å². The number of hydrogen-bond donors (Lipinski definition) is 4. The first kappa shape index (κ1) is 17.9. The first-order chi connectivity index (χ1) is 11.2. The van der Waals surface area contributed by atoms with Crippen LogP contribution in [0.4, 0.5) is 11.4 Å². The number of rotatable bonds is 5. The summed E-state index contributed by atoms with van der Waals surface area (Å²) in [5.74, 6) is -0.893. The molecule has 0 aliphatic carbocycles. The fourth-order valence-electron chi connectivity index (χ4n) is 1.90. The lowest BCUT2D eigenvalue weighted by atomic mass is 10.1. The largest absolute Gasteiger partial charge is 0.481 e. The highest BCUT2D eigenvalue weighted by molar-refractivity contribution is 7.89. The molecule has 0 saturated carbocycles. The monoisotopic (exact) mass is 365 g/mol. The number of carbonyl (C=O) groups is 1. The molecule has 0 saturated heterocycles. The van der Waals surface area contributed by atoms with Crippen molar-refractivity contribution in [1.29, 1.82) is 0 Å². The van der Waals surface area contributed by atoms with Crippen molar-refractivity contribution in [3.63, 3.8) is 0 Å². The molecule has 0 fully saturated rings. The van der Waals surface area contributed by atoms with Crippen LogP contribution in [0, 0.1) is 0 Å². The van der Waals surface area contributed by atoms with E-state index in [4.69, 9.17) is 22.5 Å². The summed E-state index contributed by atoms with van der Waals surface area (Å²) in [6, 6.07) is 12.7. The molecule has 2 rings (SSSR count). The van der Waals surface area contributed by atoms with Gasteiger partial charge in [0.25, 0.3) is 0 Å². The molecule has 0 heterocycles. The molecule has 2 aromatic carbocycles. The Morgan fingerprint density at radius 1 is 1.00 bits per heavy atom. The van der Waals surface area contributed by atoms with E-state index in [2.05, 4.69) is 10.6 Å². The number of thiocarbonyl (C=S) groups is 1. The van der Waals surface area contributed by atoms with E-state index < -0.39 is 16.0 Å². The van der Waals surface area contributed by atoms with Gasteiger partial charge in [-0.15, -0.1) is 0 Å². The Hall–Kier alpha value is -2.49. The smallest absolute Gasteiger partial charge is 0.307 e. The van der Waals surface area contributed by atoms with Crippen LogP contribution in [0.3, 0.4) is 0 Å². The van der Waals surface area contributed by atoms with Crippen molar-refractivity contribution in [3.05, 3.63) is 54.1 Å². The highest BCUT2D eigenvalue weighted by Gasteiger charge is 2.07. The van der Waals surface area contributed by atoms with E-state index in [1.165, 1.54) is 12.1 Å². The average Bonchev–Trinajstić information content (AvgIpc) is 2.48. The molecule has 0 bridgehead atoms. The third kappa shape index (κ3) is 5.30. The second-order valence-corrected chi connectivity index (χ2v) is 6.89. The molecular weight excluding hydrogens is 350 g/mol. The van der Waals surface area contributed by atoms with E-state index in [1.54, 1.807) is 36.4 Å². The number of carboxylic acids is 1. The summed E-state index contributed by atoms with van der Waals surface area (Å²) in [5.41, 5.74) is 1.98. The zero-order valence-electron chi connectivity index (χ0n) is 12.4. The van der Waals surface area contributed by atoms with Gasteiger partial charge in [-0.05, 0) is 54.2 Å². The molecule has 0 aromatic heterocycles. The lowest BCUT2D eigenvalue weighted by molar-refractivity contribution is -0.136. The molecule has 0 aliphatic heterocycles. The third-order valence-corrected chi connectivity index (χ3v) is 4.14. The van der Waals surface area contributed by atoms with E-state index in [9.17, 15) is 13.2 Å². The second-order valence-electron chi connectivity index (χ2n) is 4.92. The average molecular weight is 365 g/mol. The number of aliphatic carboxylic acids is 1. The van der Waals surface area contributed by atoms with E-state index >= 15 is 0 Å². The van der Waals surface area contributed by atoms with Gasteiger partial charge in [0.1, 0.15) is 0 Å². The Bertz CT molecular complexity index is 847. The summed E-state index contributed by atoms with van der Waals surface area (Å²) in [6.07, 6.45) is -0.0423. The van der Waals surface area contributed by atoms with Gasteiger partial charge in [-0.25, -0.2) is 13.6 Å². The van der Waals surface area contributed by atoms with Gasteiger partial charge < -0.3 is 15.7 Å². The first-order valence-corrected chi connectivity index (χ1v) is 8.71. The molecule has 0 radical (unpaired) electrons. The highest BCUT2D eigenvalue weighted by Crippen LogP contribution is 2.14. The zero-order chi connectivity index (χ0) is 17.7. The van der Waals surface area contributed by atoms with Crippen molar-refractivity contribution >= 4 is 44.7 Å². The van der Waals surface area contributed by atoms with Crippen LogP contribution in [0.25, 0.3) is 0 Å². The van der Waals surface area contributed by atoms with Crippen LogP contribution in [-0.4, -0.2) is 24.6 Å². The van der Waals surface area contributed by atoms with E-state index in [0.717, 1.165) is 0 Å². The number of carboxylic acid groups (broad SMARTS) is 1. The molecular formula is C15H15N3O4S2. The van der Waals surface area contributed by atoms with Gasteiger partial charge in [0.15, 0.2) is 5.11 Å². The topological polar surface area (TPSA) is 122 Å². The van der Waals surface area contributed by atoms with Gasteiger partial charge in [-0.2, -0.15) is 0 Å². The van der Waals surface area contributed by atoms with Crippen LogP contribution in [-0.2, 0) is 21.2 Å². The van der Waals surface area contributed by atoms with Crippen molar-refractivity contribution in [2.45, 2.75) is 11.3 Å². The Kier molecular flexibility index (Phi) is 5.50. The zero-order valence-corrected chi connectivity index (χ0v) is 14.0. The fraction of sp³-hybridized carbons (Fsp3) is 0.0667. The molecule has 0 unspecified atom stereocenters. The Morgan fingerprint density at radius 3 is 1.88 bits per heavy atom. The minimum absolute atomic E-state index is 0.0148. The van der Waals surface area contributed by atoms with Gasteiger partial charge in [0, 0.05) is 11.4 Å². The van der Waals surface area contributed by atoms with Crippen LogP contribution in [0.5, 0.6) is 0 Å². The lowest BCUT2D eigenvalue weighted by Gasteiger charge is -2.11. The first-order valence-electron chi connectivity index (χ1n) is 6.75. The summed E-state index contributed by atoms with van der Waals surface area (Å²) >= 11 is 5.17. The maximum atomic E-state index is 11.2. The van der Waals surface area contributed by atoms with Gasteiger partial charge in [-0.3, -0.25) is 4.79 Å². The standard InChI is InChI=1S/C15H15N3O4S2/c16-24(21,22)13-7-5-12(6-8-13)18-15(23)17-11-3-1-10(2-4-11)9-14(19)20/h1-8H,9H2,(H,19,20)(H2,16,21,22)(H2,17,18,23). The minimum atomic E-state index is -3.73. The Balaban J connectivity index is 1.96. The summed E-state index contributed by atoms with van der Waals surface area (Å²) in [5, 5.41) is 19.9. The normalized spacial score (nSPS) is 10.9. The number of nitrogens with two attached hydrogens (primary N) is 1. The maximum absolute atomic E-state index is 11.2. The van der Waals surface area contributed by atoms with Gasteiger partial charge >= 0.3 is 5.97 Å². The molecule has 0 atom stereocenters. The number of primary sulfonamides is 1. The molecule has 0 amide bonds. The Morgan fingerprint density at radius 2 is 1.46 bits per heavy atom. The van der Waals surface area contributed by atoms with Crippen molar-refractivity contribution < 1.29 is 18.3 Å². The number of hydrogen-bond acceptors (Lipinski definition) is 4. The third-order valence-electron chi connectivity index (χ3n) is 3.01.